The summed E-state index contributed by atoms with van der Waals surface area (Å²) >= 11 is 0. The van der Waals surface area contributed by atoms with Crippen LogP contribution in [0.1, 0.15) is 68.9 Å². The van der Waals surface area contributed by atoms with Crippen LogP contribution in [0.3, 0.4) is 0 Å². The molecule has 3 heterocycles. The standard InChI is InChI=1S/C28H39N3O5/c1-3-5-13-30(14-6-4-2)26(32)19-31-18-22(20-7-9-24-21(17-20)11-15-35-24)27(28(33)34)23(31)8-10-25-29-12-16-36-25/h7,9,12,16-17,22-23,27H,3-6,8,10-11,13-15,18-19H2,1-2H3,(H,33,34)/t22-,23+,27-/m1/s1. The van der Waals surface area contributed by atoms with E-state index in [-0.39, 0.29) is 24.4 Å². The molecule has 2 aliphatic rings. The number of ether oxygens (including phenoxy) is 1. The first-order valence-electron chi connectivity index (χ1n) is 13.4. The molecular formula is C28H39N3O5. The molecule has 4 rings (SSSR count). The number of hydrogen-bond donors (Lipinski definition) is 1. The molecule has 8 heteroatoms. The van der Waals surface area contributed by atoms with Crippen LogP contribution in [0.25, 0.3) is 0 Å². The summed E-state index contributed by atoms with van der Waals surface area (Å²) in [6, 6.07) is 5.78. The third kappa shape index (κ3) is 6.09. The highest BCUT2D eigenvalue weighted by Crippen LogP contribution is 2.41. The summed E-state index contributed by atoms with van der Waals surface area (Å²) in [6.45, 7) is 7.20. The Bertz CT molecular complexity index is 1000. The molecular weight excluding hydrogens is 458 g/mol. The van der Waals surface area contributed by atoms with E-state index in [1.807, 2.05) is 17.0 Å². The number of aromatic nitrogens is 1. The Morgan fingerprint density at radius 3 is 2.64 bits per heavy atom. The Morgan fingerprint density at radius 2 is 1.97 bits per heavy atom. The second kappa shape index (κ2) is 12.4. The van der Waals surface area contributed by atoms with E-state index in [1.165, 1.54) is 6.26 Å². The van der Waals surface area contributed by atoms with E-state index in [1.54, 1.807) is 6.20 Å². The van der Waals surface area contributed by atoms with E-state index in [9.17, 15) is 14.7 Å². The number of carbonyl (C=O) groups is 2. The second-order valence-corrected chi connectivity index (χ2v) is 9.99. The fourth-order valence-electron chi connectivity index (χ4n) is 5.61. The van der Waals surface area contributed by atoms with Crippen LogP contribution in [-0.2, 0) is 22.4 Å². The Morgan fingerprint density at radius 1 is 1.19 bits per heavy atom. The molecule has 0 saturated carbocycles. The van der Waals surface area contributed by atoms with Crippen LogP contribution in [0.2, 0.25) is 0 Å². The number of carboxylic acids is 1. The number of unbranched alkanes of at least 4 members (excludes halogenated alkanes) is 2. The van der Waals surface area contributed by atoms with Gasteiger partial charge in [-0.2, -0.15) is 0 Å². The largest absolute Gasteiger partial charge is 0.493 e. The molecule has 1 amide bonds. The number of aliphatic carboxylic acids is 1. The van der Waals surface area contributed by atoms with E-state index < -0.39 is 11.9 Å². The van der Waals surface area contributed by atoms with E-state index in [2.05, 4.69) is 29.8 Å². The molecule has 1 saturated heterocycles. The van der Waals surface area contributed by atoms with E-state index in [0.29, 0.717) is 31.9 Å². The van der Waals surface area contributed by atoms with Crippen LogP contribution in [0.5, 0.6) is 5.75 Å². The first-order chi connectivity index (χ1) is 17.5. The quantitative estimate of drug-likeness (QED) is 0.444. The normalized spacial score (nSPS) is 21.3. The Labute approximate surface area is 213 Å². The van der Waals surface area contributed by atoms with Crippen molar-refractivity contribution in [2.45, 2.75) is 70.8 Å². The fourth-order valence-corrected chi connectivity index (χ4v) is 5.61. The number of carbonyl (C=O) groups excluding carboxylic acids is 1. The third-order valence-corrected chi connectivity index (χ3v) is 7.57. The van der Waals surface area contributed by atoms with Crippen molar-refractivity contribution in [1.82, 2.24) is 14.8 Å². The van der Waals surface area contributed by atoms with Gasteiger partial charge < -0.3 is 19.2 Å². The van der Waals surface area contributed by atoms with E-state index >= 15 is 0 Å². The lowest BCUT2D eigenvalue weighted by Crippen LogP contribution is -2.44. The van der Waals surface area contributed by atoms with Crippen molar-refractivity contribution in [3.05, 3.63) is 47.7 Å². The number of benzene rings is 1. The number of hydrogen-bond acceptors (Lipinski definition) is 6. The molecule has 2 aliphatic heterocycles. The smallest absolute Gasteiger partial charge is 0.308 e. The Hall–Kier alpha value is -2.87. The lowest BCUT2D eigenvalue weighted by molar-refractivity contribution is -0.143. The molecule has 3 atom stereocenters. The molecule has 0 spiro atoms. The maximum Gasteiger partial charge on any atom is 0.308 e. The van der Waals surface area contributed by atoms with Gasteiger partial charge in [-0.15, -0.1) is 0 Å². The summed E-state index contributed by atoms with van der Waals surface area (Å²) in [7, 11) is 0. The highest BCUT2D eigenvalue weighted by Gasteiger charge is 2.47. The molecule has 0 aliphatic carbocycles. The Balaban J connectivity index is 1.58. The fraction of sp³-hybridized carbons (Fsp3) is 0.607. The van der Waals surface area contributed by atoms with Crippen molar-refractivity contribution in [2.75, 3.05) is 32.8 Å². The van der Waals surface area contributed by atoms with Crippen molar-refractivity contribution in [1.29, 1.82) is 0 Å². The van der Waals surface area contributed by atoms with Crippen molar-refractivity contribution in [3.63, 3.8) is 0 Å². The molecule has 1 aromatic carbocycles. The number of carboxylic acid groups (broad SMARTS) is 1. The van der Waals surface area contributed by atoms with Crippen LogP contribution < -0.4 is 4.74 Å². The average molecular weight is 498 g/mol. The molecule has 1 aromatic heterocycles. The summed E-state index contributed by atoms with van der Waals surface area (Å²) in [5.41, 5.74) is 2.14. The summed E-state index contributed by atoms with van der Waals surface area (Å²) in [5.74, 6) is -0.0684. The predicted octanol–water partition coefficient (Wildman–Crippen LogP) is 4.14. The molecule has 196 valence electrons. The molecule has 2 aromatic rings. The van der Waals surface area contributed by atoms with Gasteiger partial charge >= 0.3 is 5.97 Å². The van der Waals surface area contributed by atoms with E-state index in [0.717, 1.165) is 62.1 Å². The minimum Gasteiger partial charge on any atom is -0.493 e. The van der Waals surface area contributed by atoms with Crippen LogP contribution in [0.15, 0.2) is 35.1 Å². The number of amides is 1. The minimum atomic E-state index is -0.821. The van der Waals surface area contributed by atoms with Crippen LogP contribution >= 0.6 is 0 Å². The number of aryl methyl sites for hydroxylation is 1. The van der Waals surface area contributed by atoms with Gasteiger partial charge in [0.05, 0.1) is 25.3 Å². The van der Waals surface area contributed by atoms with Gasteiger partial charge in [0, 0.05) is 44.4 Å². The number of fused-ring (bicyclic) bond motifs is 1. The number of likely N-dealkylation sites (tertiary alicyclic amines) is 1. The van der Waals surface area contributed by atoms with Gasteiger partial charge in [0.25, 0.3) is 0 Å². The highest BCUT2D eigenvalue weighted by molar-refractivity contribution is 5.79. The zero-order valence-electron chi connectivity index (χ0n) is 21.5. The summed E-state index contributed by atoms with van der Waals surface area (Å²) in [4.78, 5) is 34.4. The first kappa shape index (κ1) is 26.2. The molecule has 0 bridgehead atoms. The van der Waals surface area contributed by atoms with Crippen LogP contribution in [0, 0.1) is 5.92 Å². The van der Waals surface area contributed by atoms with Gasteiger partial charge in [0.1, 0.15) is 12.0 Å². The number of rotatable bonds is 13. The van der Waals surface area contributed by atoms with Gasteiger partial charge in [-0.3, -0.25) is 14.5 Å². The Kier molecular flexibility index (Phi) is 9.02. The molecule has 1 N–H and O–H groups in total. The zero-order chi connectivity index (χ0) is 25.5. The van der Waals surface area contributed by atoms with Gasteiger partial charge in [-0.1, -0.05) is 38.8 Å². The van der Waals surface area contributed by atoms with Gasteiger partial charge in [0.15, 0.2) is 5.89 Å². The summed E-state index contributed by atoms with van der Waals surface area (Å²) < 4.78 is 11.1. The van der Waals surface area contributed by atoms with Crippen LogP contribution in [0.4, 0.5) is 0 Å². The maximum absolute atomic E-state index is 13.5. The minimum absolute atomic E-state index is 0.0881. The van der Waals surface area contributed by atoms with E-state index in [4.69, 9.17) is 9.15 Å². The molecule has 0 unspecified atom stereocenters. The SMILES string of the molecule is CCCCN(CCCC)C(=O)CN1C[C@H](c2ccc3c(c2)CCO3)[C@@H](C(=O)O)[C@@H]1CCc1ncco1. The van der Waals surface area contributed by atoms with Gasteiger partial charge in [0.2, 0.25) is 5.91 Å². The predicted molar refractivity (Wildman–Crippen MR) is 136 cm³/mol. The van der Waals surface area contributed by atoms with Crippen molar-refractivity contribution in [3.8, 4) is 5.75 Å². The first-order valence-corrected chi connectivity index (χ1v) is 13.4. The van der Waals surface area contributed by atoms with Crippen molar-refractivity contribution < 1.29 is 23.8 Å². The summed E-state index contributed by atoms with van der Waals surface area (Å²) in [6.07, 6.45) is 9.09. The van der Waals surface area contributed by atoms with Gasteiger partial charge in [-0.25, -0.2) is 4.98 Å². The van der Waals surface area contributed by atoms with Crippen LogP contribution in [-0.4, -0.2) is 70.6 Å². The monoisotopic (exact) mass is 497 g/mol. The average Bonchev–Trinajstić information content (AvgIpc) is 3.62. The number of oxazole rings is 1. The highest BCUT2D eigenvalue weighted by atomic mass is 16.5. The maximum atomic E-state index is 13.5. The molecule has 0 radical (unpaired) electrons. The molecule has 1 fully saturated rings. The van der Waals surface area contributed by atoms with Crippen molar-refractivity contribution in [2.24, 2.45) is 5.92 Å². The van der Waals surface area contributed by atoms with Gasteiger partial charge in [-0.05, 0) is 36.5 Å². The topological polar surface area (TPSA) is 96.1 Å². The van der Waals surface area contributed by atoms with Crippen molar-refractivity contribution >= 4 is 11.9 Å². The second-order valence-electron chi connectivity index (χ2n) is 9.99. The molecule has 36 heavy (non-hydrogen) atoms. The number of nitrogens with zero attached hydrogens (tertiary/aromatic N) is 3. The molecule has 8 nitrogen and oxygen atoms in total. The lowest BCUT2D eigenvalue weighted by atomic mass is 9.83. The summed E-state index contributed by atoms with van der Waals surface area (Å²) in [5, 5.41) is 10.4. The third-order valence-electron chi connectivity index (χ3n) is 7.57. The zero-order valence-corrected chi connectivity index (χ0v) is 21.5. The lowest BCUT2D eigenvalue weighted by Gasteiger charge is -2.29.